The summed E-state index contributed by atoms with van der Waals surface area (Å²) in [6.45, 7) is 0. The van der Waals surface area contributed by atoms with E-state index in [4.69, 9.17) is 9.47 Å². The van der Waals surface area contributed by atoms with Crippen LogP contribution in [0.15, 0.2) is 109 Å². The minimum absolute atomic E-state index is 0.0134. The van der Waals surface area contributed by atoms with Crippen LogP contribution >= 0.6 is 0 Å². The van der Waals surface area contributed by atoms with E-state index in [-0.39, 0.29) is 5.57 Å². The standard InChI is InChI=1S/C30H25N3O3/c1-35-28-18-15-24(20-29(28)36-2)32-30(34)23(21-31)19-22-13-16-27(17-14-22)33(25-9-5-3-6-10-25)26-11-7-4-8-12-26/h3-20H,1-2H3,(H,32,34)/b23-19-. The maximum absolute atomic E-state index is 12.8. The second kappa shape index (κ2) is 11.4. The summed E-state index contributed by atoms with van der Waals surface area (Å²) in [5, 5.41) is 12.4. The molecule has 4 rings (SSSR count). The number of carbonyl (C=O) groups is 1. The second-order valence-electron chi connectivity index (χ2n) is 7.79. The summed E-state index contributed by atoms with van der Waals surface area (Å²) >= 11 is 0. The molecule has 6 heteroatoms. The Labute approximate surface area is 210 Å². The quantitative estimate of drug-likeness (QED) is 0.226. The largest absolute Gasteiger partial charge is 0.493 e. The molecule has 178 valence electrons. The van der Waals surface area contributed by atoms with Gasteiger partial charge in [-0.25, -0.2) is 0 Å². The summed E-state index contributed by atoms with van der Waals surface area (Å²) < 4.78 is 10.5. The van der Waals surface area contributed by atoms with Gasteiger partial charge in [0.2, 0.25) is 0 Å². The van der Waals surface area contributed by atoms with Crippen LogP contribution in [-0.2, 0) is 4.79 Å². The van der Waals surface area contributed by atoms with Crippen LogP contribution in [0.2, 0.25) is 0 Å². The minimum atomic E-state index is -0.510. The molecule has 4 aromatic carbocycles. The number of nitriles is 1. The third kappa shape index (κ3) is 5.54. The molecule has 0 bridgehead atoms. The number of ether oxygens (including phenoxy) is 2. The van der Waals surface area contributed by atoms with Crippen molar-refractivity contribution < 1.29 is 14.3 Å². The molecule has 6 nitrogen and oxygen atoms in total. The third-order valence-corrected chi connectivity index (χ3v) is 5.50. The zero-order chi connectivity index (χ0) is 25.3. The van der Waals surface area contributed by atoms with Crippen molar-refractivity contribution in [3.05, 3.63) is 114 Å². The number of benzene rings is 4. The maximum Gasteiger partial charge on any atom is 0.266 e. The monoisotopic (exact) mass is 475 g/mol. The summed E-state index contributed by atoms with van der Waals surface area (Å²) in [5.74, 6) is 0.519. The van der Waals surface area contributed by atoms with Crippen molar-refractivity contribution in [2.45, 2.75) is 0 Å². The predicted molar refractivity (Wildman–Crippen MR) is 143 cm³/mol. The van der Waals surface area contributed by atoms with E-state index < -0.39 is 5.91 Å². The highest BCUT2D eigenvalue weighted by molar-refractivity contribution is 6.09. The van der Waals surface area contributed by atoms with E-state index in [1.54, 1.807) is 24.3 Å². The van der Waals surface area contributed by atoms with E-state index in [0.29, 0.717) is 17.2 Å². The first-order chi connectivity index (χ1) is 17.6. The van der Waals surface area contributed by atoms with Crippen LogP contribution in [0.4, 0.5) is 22.7 Å². The molecule has 0 aliphatic heterocycles. The van der Waals surface area contributed by atoms with Gasteiger partial charge in [-0.2, -0.15) is 5.26 Å². The topological polar surface area (TPSA) is 74.6 Å². The number of para-hydroxylation sites is 2. The van der Waals surface area contributed by atoms with Crippen molar-refractivity contribution >= 4 is 34.7 Å². The van der Waals surface area contributed by atoms with Crippen molar-refractivity contribution in [3.63, 3.8) is 0 Å². The molecule has 0 aliphatic rings. The van der Waals surface area contributed by atoms with E-state index in [1.165, 1.54) is 14.2 Å². The van der Waals surface area contributed by atoms with Crippen LogP contribution in [-0.4, -0.2) is 20.1 Å². The lowest BCUT2D eigenvalue weighted by atomic mass is 10.1. The van der Waals surface area contributed by atoms with Crippen molar-refractivity contribution in [1.82, 2.24) is 0 Å². The summed E-state index contributed by atoms with van der Waals surface area (Å²) in [5.41, 5.74) is 4.23. The fraction of sp³-hybridized carbons (Fsp3) is 0.0667. The normalized spacial score (nSPS) is 10.8. The van der Waals surface area contributed by atoms with Gasteiger partial charge in [-0.05, 0) is 60.2 Å². The molecule has 0 atom stereocenters. The van der Waals surface area contributed by atoms with Gasteiger partial charge in [0.25, 0.3) is 5.91 Å². The molecule has 0 aromatic heterocycles. The molecule has 0 spiro atoms. The summed E-state index contributed by atoms with van der Waals surface area (Å²) in [6, 6.07) is 34.9. The lowest BCUT2D eigenvalue weighted by molar-refractivity contribution is -0.112. The van der Waals surface area contributed by atoms with E-state index in [0.717, 1.165) is 22.6 Å². The Hall–Kier alpha value is -5.02. The highest BCUT2D eigenvalue weighted by Gasteiger charge is 2.14. The maximum atomic E-state index is 12.8. The molecule has 4 aromatic rings. The first-order valence-electron chi connectivity index (χ1n) is 11.3. The zero-order valence-electron chi connectivity index (χ0n) is 20.0. The Kier molecular flexibility index (Phi) is 7.64. The van der Waals surface area contributed by atoms with Gasteiger partial charge >= 0.3 is 0 Å². The van der Waals surface area contributed by atoms with E-state index >= 15 is 0 Å². The van der Waals surface area contributed by atoms with Crippen LogP contribution in [0.25, 0.3) is 6.08 Å². The summed E-state index contributed by atoms with van der Waals surface area (Å²) in [4.78, 5) is 14.9. The Morgan fingerprint density at radius 2 is 1.33 bits per heavy atom. The van der Waals surface area contributed by atoms with Crippen LogP contribution in [0.5, 0.6) is 11.5 Å². The van der Waals surface area contributed by atoms with Gasteiger partial charge in [0.15, 0.2) is 11.5 Å². The fourth-order valence-corrected chi connectivity index (χ4v) is 3.75. The van der Waals surface area contributed by atoms with Crippen LogP contribution < -0.4 is 19.7 Å². The van der Waals surface area contributed by atoms with Gasteiger partial charge in [-0.1, -0.05) is 48.5 Å². The molecule has 0 radical (unpaired) electrons. The number of nitrogens with zero attached hydrogens (tertiary/aromatic N) is 2. The van der Waals surface area contributed by atoms with Crippen molar-refractivity contribution in [1.29, 1.82) is 5.26 Å². The zero-order valence-corrected chi connectivity index (χ0v) is 20.0. The van der Waals surface area contributed by atoms with Gasteiger partial charge in [0.05, 0.1) is 14.2 Å². The SMILES string of the molecule is COc1ccc(NC(=O)/C(C#N)=C\c2ccc(N(c3ccccc3)c3ccccc3)cc2)cc1OC. The number of methoxy groups -OCH3 is 2. The molecule has 0 saturated heterocycles. The number of amides is 1. The fourth-order valence-electron chi connectivity index (χ4n) is 3.75. The molecular formula is C30H25N3O3. The number of anilines is 4. The lowest BCUT2D eigenvalue weighted by Gasteiger charge is -2.25. The summed E-state index contributed by atoms with van der Waals surface area (Å²) in [7, 11) is 3.06. The molecule has 0 heterocycles. The predicted octanol–water partition coefficient (Wildman–Crippen LogP) is 6.72. The number of carbonyl (C=O) groups excluding carboxylic acids is 1. The van der Waals surface area contributed by atoms with Crippen LogP contribution in [0.3, 0.4) is 0 Å². The van der Waals surface area contributed by atoms with Crippen LogP contribution in [0, 0.1) is 11.3 Å². The van der Waals surface area contributed by atoms with Crippen LogP contribution in [0.1, 0.15) is 5.56 Å². The molecule has 0 fully saturated rings. The van der Waals surface area contributed by atoms with Crippen molar-refractivity contribution in [2.75, 3.05) is 24.4 Å². The van der Waals surface area contributed by atoms with E-state index in [9.17, 15) is 10.1 Å². The molecular weight excluding hydrogens is 450 g/mol. The average Bonchev–Trinajstić information content (AvgIpc) is 2.93. The van der Waals surface area contributed by atoms with Gasteiger partial charge in [-0.15, -0.1) is 0 Å². The first kappa shape index (κ1) is 24.1. The molecule has 1 amide bonds. The highest BCUT2D eigenvalue weighted by atomic mass is 16.5. The Morgan fingerprint density at radius 1 is 0.778 bits per heavy atom. The second-order valence-corrected chi connectivity index (χ2v) is 7.79. The summed E-state index contributed by atoms with van der Waals surface area (Å²) in [6.07, 6.45) is 1.56. The first-order valence-corrected chi connectivity index (χ1v) is 11.3. The lowest BCUT2D eigenvalue weighted by Crippen LogP contribution is -2.13. The van der Waals surface area contributed by atoms with Gasteiger partial charge in [0.1, 0.15) is 11.6 Å². The molecule has 36 heavy (non-hydrogen) atoms. The highest BCUT2D eigenvalue weighted by Crippen LogP contribution is 2.34. The molecule has 1 N–H and O–H groups in total. The molecule has 0 aliphatic carbocycles. The molecule has 0 saturated carbocycles. The molecule has 0 unspecified atom stereocenters. The number of nitrogens with one attached hydrogen (secondary N) is 1. The minimum Gasteiger partial charge on any atom is -0.493 e. The Balaban J connectivity index is 1.57. The van der Waals surface area contributed by atoms with Gasteiger partial charge < -0.3 is 19.7 Å². The van der Waals surface area contributed by atoms with E-state index in [2.05, 4.69) is 10.2 Å². The van der Waals surface area contributed by atoms with Gasteiger partial charge in [0, 0.05) is 28.8 Å². The Bertz CT molecular complexity index is 1350. The smallest absolute Gasteiger partial charge is 0.266 e. The Morgan fingerprint density at radius 3 is 1.86 bits per heavy atom. The number of hydrogen-bond acceptors (Lipinski definition) is 5. The van der Waals surface area contributed by atoms with Crippen molar-refractivity contribution in [3.8, 4) is 17.6 Å². The van der Waals surface area contributed by atoms with Crippen molar-refractivity contribution in [2.24, 2.45) is 0 Å². The average molecular weight is 476 g/mol. The third-order valence-electron chi connectivity index (χ3n) is 5.50. The van der Waals surface area contributed by atoms with Gasteiger partial charge in [-0.3, -0.25) is 4.79 Å². The number of hydrogen-bond donors (Lipinski definition) is 1. The number of rotatable bonds is 8. The van der Waals surface area contributed by atoms with E-state index in [1.807, 2.05) is 91.0 Å².